The van der Waals surface area contributed by atoms with Gasteiger partial charge >= 0.3 is 0 Å². The number of thiocarbonyl (C=S) groups is 1. The third-order valence-electron chi connectivity index (χ3n) is 3.42. The summed E-state index contributed by atoms with van der Waals surface area (Å²) in [6.45, 7) is -0.525. The zero-order valence-electron chi connectivity index (χ0n) is 10.9. The summed E-state index contributed by atoms with van der Waals surface area (Å²) in [5.74, 6) is -0.0723. The monoisotopic (exact) mass is 314 g/mol. The van der Waals surface area contributed by atoms with Crippen LogP contribution in [-0.2, 0) is 4.74 Å². The molecule has 5 atom stereocenters. The number of phenolic OH excluding ortho intramolecular Hbond substituents is 1. The molecule has 1 saturated heterocycles. The predicted molar refractivity (Wildman–Crippen MR) is 77.0 cm³/mol. The molecule has 8 heteroatoms. The molecule has 21 heavy (non-hydrogen) atoms. The third-order valence-corrected chi connectivity index (χ3v) is 3.52. The molecule has 1 radical (unpaired) electrons. The minimum atomic E-state index is -1.49. The van der Waals surface area contributed by atoms with E-state index in [0.29, 0.717) is 11.3 Å². The SMILES string of the molecule is OC[C@H]1O[C@H](c2cc(O)ccc2N[C]=S)[C@@H](O)[C@@H](O)[C@@H]1O. The van der Waals surface area contributed by atoms with Crippen LogP contribution in [0, 0.1) is 0 Å². The molecule has 1 heterocycles. The smallest absolute Gasteiger partial charge is 0.138 e. The average molecular weight is 314 g/mol. The minimum Gasteiger partial charge on any atom is -0.508 e. The van der Waals surface area contributed by atoms with E-state index >= 15 is 0 Å². The van der Waals surface area contributed by atoms with E-state index in [2.05, 4.69) is 23.0 Å². The van der Waals surface area contributed by atoms with Crippen molar-refractivity contribution >= 4 is 23.4 Å². The number of phenols is 1. The van der Waals surface area contributed by atoms with E-state index in [0.717, 1.165) is 0 Å². The number of nitrogens with one attached hydrogen (secondary N) is 1. The molecule has 0 spiro atoms. The summed E-state index contributed by atoms with van der Waals surface area (Å²) in [6.07, 6.45) is -6.45. The first kappa shape index (κ1) is 16.1. The highest BCUT2D eigenvalue weighted by atomic mass is 32.1. The summed E-state index contributed by atoms with van der Waals surface area (Å²) in [7, 11) is 0. The van der Waals surface area contributed by atoms with Gasteiger partial charge in [0.1, 0.15) is 41.8 Å². The molecule has 0 aromatic heterocycles. The molecule has 2 rings (SSSR count). The van der Waals surface area contributed by atoms with Gasteiger partial charge in [-0.1, -0.05) is 12.2 Å². The van der Waals surface area contributed by atoms with Crippen molar-refractivity contribution in [3.8, 4) is 5.75 Å². The van der Waals surface area contributed by atoms with Crippen molar-refractivity contribution in [3.63, 3.8) is 0 Å². The highest BCUT2D eigenvalue weighted by molar-refractivity contribution is 7.79. The molecule has 1 aromatic rings. The summed E-state index contributed by atoms with van der Waals surface area (Å²) in [4.78, 5) is 0. The van der Waals surface area contributed by atoms with Crippen molar-refractivity contribution in [3.05, 3.63) is 23.8 Å². The Labute approximate surface area is 126 Å². The van der Waals surface area contributed by atoms with Gasteiger partial charge in [0.25, 0.3) is 0 Å². The average Bonchev–Trinajstić information content (AvgIpc) is 2.47. The first-order chi connectivity index (χ1) is 9.99. The van der Waals surface area contributed by atoms with Crippen molar-refractivity contribution in [2.24, 2.45) is 0 Å². The fourth-order valence-corrected chi connectivity index (χ4v) is 2.42. The standard InChI is InChI=1S/C13H16NO6S/c15-4-9-10(17)11(18)12(19)13(20-9)7-3-6(16)1-2-8(7)14-5-21/h1-3,9-13,15-19H,4H2,(H,14,21)/t9-,10-,11+,12+,13-/m1/s1. The summed E-state index contributed by atoms with van der Waals surface area (Å²) in [6, 6.07) is 4.25. The fourth-order valence-electron chi connectivity index (χ4n) is 2.31. The first-order valence-corrected chi connectivity index (χ1v) is 6.67. The van der Waals surface area contributed by atoms with E-state index in [1.165, 1.54) is 18.2 Å². The predicted octanol–water partition coefficient (Wildman–Crippen LogP) is -0.847. The van der Waals surface area contributed by atoms with Gasteiger partial charge in [0, 0.05) is 11.3 Å². The van der Waals surface area contributed by atoms with Crippen LogP contribution in [0.2, 0.25) is 0 Å². The third kappa shape index (κ3) is 3.15. The molecule has 0 amide bonds. The van der Waals surface area contributed by atoms with E-state index in [1.54, 1.807) is 0 Å². The van der Waals surface area contributed by atoms with E-state index in [1.807, 2.05) is 0 Å². The Kier molecular flexibility index (Phi) is 5.09. The van der Waals surface area contributed by atoms with Crippen LogP contribution in [-0.4, -0.2) is 62.0 Å². The molecular weight excluding hydrogens is 298 g/mol. The second-order valence-electron chi connectivity index (χ2n) is 4.75. The number of hydrogen-bond donors (Lipinski definition) is 6. The largest absolute Gasteiger partial charge is 0.508 e. The Morgan fingerprint density at radius 1 is 1.19 bits per heavy atom. The maximum absolute atomic E-state index is 10.1. The van der Waals surface area contributed by atoms with Gasteiger partial charge in [-0.25, -0.2) is 0 Å². The summed E-state index contributed by atoms with van der Waals surface area (Å²) in [5, 5.41) is 51.1. The number of aromatic hydroxyl groups is 1. The van der Waals surface area contributed by atoms with Gasteiger partial charge in [0.2, 0.25) is 0 Å². The van der Waals surface area contributed by atoms with E-state index in [9.17, 15) is 25.5 Å². The van der Waals surface area contributed by atoms with Gasteiger partial charge in [-0.3, -0.25) is 0 Å². The number of aliphatic hydroxyl groups excluding tert-OH is 4. The Hall–Kier alpha value is -1.29. The second kappa shape index (κ2) is 6.65. The van der Waals surface area contributed by atoms with Gasteiger partial charge in [-0.05, 0) is 18.2 Å². The topological polar surface area (TPSA) is 122 Å². The molecule has 0 saturated carbocycles. The maximum Gasteiger partial charge on any atom is 0.138 e. The molecule has 1 aliphatic heterocycles. The Balaban J connectivity index is 2.39. The lowest BCUT2D eigenvalue weighted by molar-refractivity contribution is -0.231. The zero-order chi connectivity index (χ0) is 15.6. The maximum atomic E-state index is 10.1. The zero-order valence-corrected chi connectivity index (χ0v) is 11.7. The van der Waals surface area contributed by atoms with Gasteiger partial charge in [-0.2, -0.15) is 0 Å². The number of benzene rings is 1. The van der Waals surface area contributed by atoms with Crippen LogP contribution in [0.3, 0.4) is 0 Å². The van der Waals surface area contributed by atoms with Crippen LogP contribution in [0.15, 0.2) is 18.2 Å². The molecule has 1 aliphatic rings. The van der Waals surface area contributed by atoms with Crippen LogP contribution in [0.1, 0.15) is 11.7 Å². The fraction of sp³-hybridized carbons (Fsp3) is 0.462. The van der Waals surface area contributed by atoms with Crippen molar-refractivity contribution in [1.82, 2.24) is 0 Å². The van der Waals surface area contributed by atoms with Crippen LogP contribution in [0.4, 0.5) is 5.69 Å². The van der Waals surface area contributed by atoms with Crippen molar-refractivity contribution in [2.75, 3.05) is 11.9 Å². The van der Waals surface area contributed by atoms with Gasteiger partial charge in [-0.15, -0.1) is 0 Å². The van der Waals surface area contributed by atoms with Crippen LogP contribution < -0.4 is 5.32 Å². The highest BCUT2D eigenvalue weighted by Gasteiger charge is 2.44. The van der Waals surface area contributed by atoms with Crippen LogP contribution in [0.25, 0.3) is 0 Å². The van der Waals surface area contributed by atoms with Gasteiger partial charge < -0.3 is 35.6 Å². The van der Waals surface area contributed by atoms with E-state index < -0.39 is 37.1 Å². The van der Waals surface area contributed by atoms with Crippen molar-refractivity contribution in [2.45, 2.75) is 30.5 Å². The number of aliphatic hydroxyl groups is 4. The molecule has 1 aromatic carbocycles. The number of ether oxygens (including phenoxy) is 1. The molecule has 0 aliphatic carbocycles. The number of anilines is 1. The Morgan fingerprint density at radius 2 is 1.90 bits per heavy atom. The minimum absolute atomic E-state index is 0.0723. The summed E-state index contributed by atoms with van der Waals surface area (Å²) >= 11 is 4.59. The van der Waals surface area contributed by atoms with Crippen LogP contribution in [0.5, 0.6) is 5.75 Å². The molecule has 1 fully saturated rings. The van der Waals surface area contributed by atoms with E-state index in [-0.39, 0.29) is 5.75 Å². The first-order valence-electron chi connectivity index (χ1n) is 6.26. The molecule has 6 N–H and O–H groups in total. The van der Waals surface area contributed by atoms with Crippen LogP contribution >= 0.6 is 12.2 Å². The van der Waals surface area contributed by atoms with Gasteiger partial charge in [0.05, 0.1) is 6.61 Å². The lowest BCUT2D eigenvalue weighted by Gasteiger charge is -2.40. The molecule has 7 nitrogen and oxygen atoms in total. The van der Waals surface area contributed by atoms with Crippen molar-refractivity contribution < 1.29 is 30.3 Å². The lowest BCUT2D eigenvalue weighted by atomic mass is 9.90. The number of rotatable bonds is 4. The molecule has 0 bridgehead atoms. The second-order valence-corrected chi connectivity index (χ2v) is 4.95. The highest BCUT2D eigenvalue weighted by Crippen LogP contribution is 2.37. The number of hydrogen-bond acceptors (Lipinski definition) is 7. The quantitative estimate of drug-likeness (QED) is 0.241. The summed E-state index contributed by atoms with van der Waals surface area (Å²) < 4.78 is 5.44. The Bertz CT molecular complexity index is 511. The summed E-state index contributed by atoms with van der Waals surface area (Å²) in [5.41, 5.74) is 3.04. The molecule has 0 unspecified atom stereocenters. The van der Waals surface area contributed by atoms with Gasteiger partial charge in [0.15, 0.2) is 0 Å². The normalized spacial score (nSPS) is 32.7. The Morgan fingerprint density at radius 3 is 2.52 bits per heavy atom. The molecular formula is C13H16NO6S. The van der Waals surface area contributed by atoms with E-state index in [4.69, 9.17) is 4.74 Å². The lowest BCUT2D eigenvalue weighted by Crippen LogP contribution is -2.55. The van der Waals surface area contributed by atoms with Crippen molar-refractivity contribution in [1.29, 1.82) is 0 Å². The molecule has 115 valence electrons.